The van der Waals surface area contributed by atoms with Crippen LogP contribution >= 0.6 is 0 Å². The van der Waals surface area contributed by atoms with Crippen molar-refractivity contribution in [1.29, 1.82) is 0 Å². The van der Waals surface area contributed by atoms with Crippen molar-refractivity contribution in [3.63, 3.8) is 0 Å². The normalized spacial score (nSPS) is 12.7. The SMILES string of the molecule is c1ccc(N(c2ccccc2)c2ccc3c(ccc4c5cc6c(cc5n(-c5ccccc5)c34)B3c4c(cccc4N(c4ccccc4)c4ccc5ccccc5c43)O6)c2)cc1. The topological polar surface area (TPSA) is 20.6 Å². The molecule has 0 aliphatic carbocycles. The average molecular weight is 778 g/mol. The Hall–Kier alpha value is -8.02. The van der Waals surface area contributed by atoms with E-state index in [-0.39, 0.29) is 6.71 Å². The number of hydrogen-bond acceptors (Lipinski definition) is 3. The quantitative estimate of drug-likeness (QED) is 0.162. The number of fused-ring (bicyclic) bond motifs is 11. The lowest BCUT2D eigenvalue weighted by atomic mass is 9.33. The molecule has 13 rings (SSSR count). The molecule has 0 bridgehead atoms. The van der Waals surface area contributed by atoms with Gasteiger partial charge in [0.15, 0.2) is 0 Å². The minimum atomic E-state index is -0.0519. The van der Waals surface area contributed by atoms with Crippen molar-refractivity contribution in [3.05, 3.63) is 218 Å². The van der Waals surface area contributed by atoms with Crippen molar-refractivity contribution in [2.75, 3.05) is 9.80 Å². The van der Waals surface area contributed by atoms with Crippen LogP contribution in [-0.4, -0.2) is 11.3 Å². The molecule has 5 heteroatoms. The number of rotatable bonds is 5. The summed E-state index contributed by atoms with van der Waals surface area (Å²) in [5, 5.41) is 7.21. The molecule has 0 saturated heterocycles. The van der Waals surface area contributed by atoms with Gasteiger partial charge in [-0.25, -0.2) is 0 Å². The van der Waals surface area contributed by atoms with Gasteiger partial charge in [0, 0.05) is 56.0 Å². The highest BCUT2D eigenvalue weighted by Gasteiger charge is 2.43. The van der Waals surface area contributed by atoms with E-state index in [0.29, 0.717) is 0 Å². The van der Waals surface area contributed by atoms with Gasteiger partial charge in [0.05, 0.1) is 11.0 Å². The molecule has 0 fully saturated rings. The Kier molecular flexibility index (Phi) is 7.37. The van der Waals surface area contributed by atoms with E-state index in [2.05, 4.69) is 233 Å². The minimum Gasteiger partial charge on any atom is -0.458 e. The maximum absolute atomic E-state index is 7.08. The second-order valence-electron chi connectivity index (χ2n) is 16.1. The Morgan fingerprint density at radius 1 is 0.393 bits per heavy atom. The molecule has 284 valence electrons. The number of para-hydroxylation sites is 4. The summed E-state index contributed by atoms with van der Waals surface area (Å²) in [6, 6.07) is 79.0. The van der Waals surface area contributed by atoms with Gasteiger partial charge in [-0.15, -0.1) is 0 Å². The zero-order valence-electron chi connectivity index (χ0n) is 33.1. The lowest BCUT2D eigenvalue weighted by molar-refractivity contribution is 0.488. The highest BCUT2D eigenvalue weighted by molar-refractivity contribution is 7.00. The number of benzene rings is 10. The standard InChI is InChI=1S/C56H36BN3O/c1-5-17-39(18-6-1)58(40-19-7-2-8-20-40)43-30-32-45-38(34-43)28-31-46-47-35-53-48(36-51(47)60(56(45)46)42-23-11-4-12-24-42)57-54-44-25-14-13-16-37(44)29-33-50(54)59(41-21-9-3-10-22-41)49-26-15-27-52(61-53)55(49)57/h1-36H. The Morgan fingerprint density at radius 2 is 1.03 bits per heavy atom. The number of ether oxygens (including phenoxy) is 1. The fraction of sp³-hybridized carbons (Fsp3) is 0. The van der Waals surface area contributed by atoms with E-state index in [4.69, 9.17) is 4.74 Å². The molecule has 2 aliphatic rings. The van der Waals surface area contributed by atoms with Gasteiger partial charge in [-0.1, -0.05) is 127 Å². The maximum atomic E-state index is 7.08. The Balaban J connectivity index is 1.08. The zero-order chi connectivity index (χ0) is 40.0. The van der Waals surface area contributed by atoms with Gasteiger partial charge < -0.3 is 19.1 Å². The molecule has 0 radical (unpaired) electrons. The van der Waals surface area contributed by atoms with Crippen molar-refractivity contribution in [2.45, 2.75) is 0 Å². The molecule has 11 aromatic rings. The number of nitrogens with zero attached hydrogens (tertiary/aromatic N) is 3. The van der Waals surface area contributed by atoms with Crippen LogP contribution in [0.1, 0.15) is 0 Å². The molecule has 0 spiro atoms. The van der Waals surface area contributed by atoms with E-state index in [0.717, 1.165) is 51.1 Å². The molecule has 4 nitrogen and oxygen atoms in total. The Bertz CT molecular complexity index is 3480. The fourth-order valence-electron chi connectivity index (χ4n) is 10.2. The number of anilines is 6. The first kappa shape index (κ1) is 33.9. The first-order chi connectivity index (χ1) is 30.3. The van der Waals surface area contributed by atoms with Crippen molar-refractivity contribution in [2.24, 2.45) is 0 Å². The third-order valence-corrected chi connectivity index (χ3v) is 12.8. The van der Waals surface area contributed by atoms with Gasteiger partial charge in [0.25, 0.3) is 6.71 Å². The summed E-state index contributed by atoms with van der Waals surface area (Å²) in [6.45, 7) is -0.0519. The highest BCUT2D eigenvalue weighted by atomic mass is 16.5. The van der Waals surface area contributed by atoms with Gasteiger partial charge in [0.1, 0.15) is 11.5 Å². The number of hydrogen-bond donors (Lipinski definition) is 0. The van der Waals surface area contributed by atoms with E-state index in [1.54, 1.807) is 0 Å². The zero-order valence-corrected chi connectivity index (χ0v) is 33.1. The molecule has 0 saturated carbocycles. The highest BCUT2D eigenvalue weighted by Crippen LogP contribution is 2.45. The Morgan fingerprint density at radius 3 is 1.79 bits per heavy atom. The molecule has 1 aromatic heterocycles. The van der Waals surface area contributed by atoms with Gasteiger partial charge >= 0.3 is 0 Å². The van der Waals surface area contributed by atoms with Gasteiger partial charge in [-0.3, -0.25) is 0 Å². The third-order valence-electron chi connectivity index (χ3n) is 12.8. The van der Waals surface area contributed by atoms with E-state index in [1.165, 1.54) is 59.9 Å². The molecule has 61 heavy (non-hydrogen) atoms. The van der Waals surface area contributed by atoms with E-state index in [9.17, 15) is 0 Å². The summed E-state index contributed by atoms with van der Waals surface area (Å²) in [5.74, 6) is 1.80. The van der Waals surface area contributed by atoms with Gasteiger partial charge in [-0.2, -0.15) is 0 Å². The molecule has 3 heterocycles. The van der Waals surface area contributed by atoms with Gasteiger partial charge in [0.2, 0.25) is 0 Å². The second-order valence-corrected chi connectivity index (χ2v) is 16.1. The largest absolute Gasteiger partial charge is 0.458 e. The van der Waals surface area contributed by atoms with E-state index >= 15 is 0 Å². The average Bonchev–Trinajstić information content (AvgIpc) is 3.65. The molecule has 0 N–H and O–H groups in total. The Labute approximate surface area is 353 Å². The molecule has 10 aromatic carbocycles. The van der Waals surface area contributed by atoms with E-state index < -0.39 is 0 Å². The van der Waals surface area contributed by atoms with Crippen LogP contribution in [0.4, 0.5) is 34.1 Å². The molecular formula is C56H36BN3O. The van der Waals surface area contributed by atoms with Crippen LogP contribution in [0.5, 0.6) is 11.5 Å². The van der Waals surface area contributed by atoms with Crippen LogP contribution < -0.4 is 30.9 Å². The van der Waals surface area contributed by atoms with Crippen LogP contribution in [0.25, 0.3) is 49.0 Å². The third kappa shape index (κ3) is 5.07. The predicted octanol–water partition coefficient (Wildman–Crippen LogP) is 13.0. The summed E-state index contributed by atoms with van der Waals surface area (Å²) in [7, 11) is 0. The summed E-state index contributed by atoms with van der Waals surface area (Å²) >= 11 is 0. The lowest BCUT2D eigenvalue weighted by Gasteiger charge is -2.40. The molecule has 0 unspecified atom stereocenters. The summed E-state index contributed by atoms with van der Waals surface area (Å²) < 4.78 is 9.56. The van der Waals surface area contributed by atoms with E-state index in [1.807, 2.05) is 0 Å². The summed E-state index contributed by atoms with van der Waals surface area (Å²) in [4.78, 5) is 4.75. The maximum Gasteiger partial charge on any atom is 0.257 e. The first-order valence-corrected chi connectivity index (χ1v) is 21.0. The van der Waals surface area contributed by atoms with Gasteiger partial charge in [-0.05, 0) is 124 Å². The fourth-order valence-corrected chi connectivity index (χ4v) is 10.2. The summed E-state index contributed by atoms with van der Waals surface area (Å²) in [6.07, 6.45) is 0. The van der Waals surface area contributed by atoms with Crippen LogP contribution in [0.2, 0.25) is 0 Å². The van der Waals surface area contributed by atoms with Crippen molar-refractivity contribution >= 4 is 101 Å². The smallest absolute Gasteiger partial charge is 0.257 e. The first-order valence-electron chi connectivity index (χ1n) is 21.0. The number of aromatic nitrogens is 1. The minimum absolute atomic E-state index is 0.0519. The molecule has 2 aliphatic heterocycles. The molecular weight excluding hydrogens is 741 g/mol. The second kappa shape index (κ2) is 13.3. The van der Waals surface area contributed by atoms with Crippen LogP contribution in [0, 0.1) is 0 Å². The summed E-state index contributed by atoms with van der Waals surface area (Å²) in [5.41, 5.74) is 13.9. The molecule has 0 atom stereocenters. The monoisotopic (exact) mass is 777 g/mol. The molecule has 0 amide bonds. The lowest BCUT2D eigenvalue weighted by Crippen LogP contribution is -2.59. The van der Waals surface area contributed by atoms with Crippen molar-refractivity contribution in [1.82, 2.24) is 4.57 Å². The van der Waals surface area contributed by atoms with Crippen molar-refractivity contribution < 1.29 is 4.74 Å². The van der Waals surface area contributed by atoms with Crippen LogP contribution in [-0.2, 0) is 0 Å². The van der Waals surface area contributed by atoms with Crippen LogP contribution in [0.15, 0.2) is 218 Å². The van der Waals surface area contributed by atoms with Crippen molar-refractivity contribution in [3.8, 4) is 17.2 Å². The predicted molar refractivity (Wildman–Crippen MR) is 256 cm³/mol. The van der Waals surface area contributed by atoms with Crippen LogP contribution in [0.3, 0.4) is 0 Å².